The molecule has 0 aliphatic rings. The molecule has 0 saturated carbocycles. The fourth-order valence-electron chi connectivity index (χ4n) is 1.84. The Morgan fingerprint density at radius 2 is 2.11 bits per heavy atom. The summed E-state index contributed by atoms with van der Waals surface area (Å²) in [5.41, 5.74) is 0. The quantitative estimate of drug-likeness (QED) is 0.730. The van der Waals surface area contributed by atoms with Crippen LogP contribution in [-0.4, -0.2) is 56.5 Å². The minimum absolute atomic E-state index is 0.214. The summed E-state index contributed by atoms with van der Waals surface area (Å²) in [6, 6.07) is 0.214. The Kier molecular flexibility index (Phi) is 7.14. The second kappa shape index (κ2) is 8.66. The third-order valence-corrected chi connectivity index (χ3v) is 2.75. The van der Waals surface area contributed by atoms with Crippen molar-refractivity contribution in [2.45, 2.75) is 19.9 Å². The lowest BCUT2D eigenvalue weighted by molar-refractivity contribution is 0.170. The van der Waals surface area contributed by atoms with E-state index in [9.17, 15) is 0 Å². The zero-order valence-electron chi connectivity index (χ0n) is 12.2. The van der Waals surface area contributed by atoms with Crippen molar-refractivity contribution in [2.75, 3.05) is 50.7 Å². The van der Waals surface area contributed by atoms with Crippen LogP contribution in [0.2, 0.25) is 0 Å². The summed E-state index contributed by atoms with van der Waals surface area (Å²) >= 11 is 0. The molecule has 6 heteroatoms. The largest absolute Gasteiger partial charge is 0.383 e. The molecule has 19 heavy (non-hydrogen) atoms. The fraction of sp³-hybridized carbons (Fsp3) is 0.692. The summed E-state index contributed by atoms with van der Waals surface area (Å²) in [5, 5.41) is 3.17. The van der Waals surface area contributed by atoms with E-state index in [1.807, 2.05) is 6.92 Å². The van der Waals surface area contributed by atoms with E-state index in [1.54, 1.807) is 26.6 Å². The second-order valence-electron chi connectivity index (χ2n) is 4.28. The Morgan fingerprint density at radius 1 is 1.32 bits per heavy atom. The van der Waals surface area contributed by atoms with E-state index >= 15 is 0 Å². The Balaban J connectivity index is 2.85. The molecule has 6 nitrogen and oxygen atoms in total. The Hall–Kier alpha value is -1.40. The number of rotatable bonds is 9. The highest BCUT2D eigenvalue weighted by Crippen LogP contribution is 2.15. The van der Waals surface area contributed by atoms with Gasteiger partial charge >= 0.3 is 0 Å². The minimum Gasteiger partial charge on any atom is -0.383 e. The summed E-state index contributed by atoms with van der Waals surface area (Å²) in [6.45, 7) is 6.98. The van der Waals surface area contributed by atoms with E-state index < -0.39 is 0 Å². The van der Waals surface area contributed by atoms with Gasteiger partial charge in [-0.3, -0.25) is 4.98 Å². The van der Waals surface area contributed by atoms with Gasteiger partial charge in [0.05, 0.1) is 31.6 Å². The molecule has 0 aliphatic carbocycles. The van der Waals surface area contributed by atoms with Crippen LogP contribution in [0.1, 0.15) is 13.8 Å². The summed E-state index contributed by atoms with van der Waals surface area (Å²) in [5.74, 6) is 1.62. The summed E-state index contributed by atoms with van der Waals surface area (Å²) < 4.78 is 10.4. The maximum absolute atomic E-state index is 5.22. The maximum atomic E-state index is 5.22. The van der Waals surface area contributed by atoms with Crippen molar-refractivity contribution in [3.63, 3.8) is 0 Å². The average Bonchev–Trinajstić information content (AvgIpc) is 2.40. The van der Waals surface area contributed by atoms with Crippen LogP contribution in [0.3, 0.4) is 0 Å². The Morgan fingerprint density at radius 3 is 2.74 bits per heavy atom. The van der Waals surface area contributed by atoms with E-state index in [2.05, 4.69) is 27.1 Å². The predicted octanol–water partition coefficient (Wildman–Crippen LogP) is 1.40. The van der Waals surface area contributed by atoms with E-state index in [4.69, 9.17) is 9.47 Å². The maximum Gasteiger partial charge on any atom is 0.149 e. The van der Waals surface area contributed by atoms with Crippen molar-refractivity contribution < 1.29 is 9.47 Å². The van der Waals surface area contributed by atoms with Crippen LogP contribution < -0.4 is 10.2 Å². The molecule has 0 saturated heterocycles. The van der Waals surface area contributed by atoms with E-state index in [0.717, 1.165) is 24.7 Å². The molecule has 1 rings (SSSR count). The molecule has 0 radical (unpaired) electrons. The highest BCUT2D eigenvalue weighted by molar-refractivity contribution is 5.44. The lowest BCUT2D eigenvalue weighted by Crippen LogP contribution is -2.39. The van der Waals surface area contributed by atoms with Gasteiger partial charge in [0.1, 0.15) is 11.6 Å². The fourth-order valence-corrected chi connectivity index (χ4v) is 1.84. The Labute approximate surface area is 115 Å². The van der Waals surface area contributed by atoms with Gasteiger partial charge in [0.25, 0.3) is 0 Å². The molecule has 1 aromatic heterocycles. The number of ether oxygens (including phenoxy) is 2. The van der Waals surface area contributed by atoms with Gasteiger partial charge in [-0.25, -0.2) is 4.98 Å². The zero-order chi connectivity index (χ0) is 14.1. The van der Waals surface area contributed by atoms with E-state index in [-0.39, 0.29) is 6.04 Å². The smallest absolute Gasteiger partial charge is 0.149 e. The monoisotopic (exact) mass is 268 g/mol. The predicted molar refractivity (Wildman–Crippen MR) is 76.8 cm³/mol. The van der Waals surface area contributed by atoms with Crippen molar-refractivity contribution in [2.24, 2.45) is 0 Å². The first-order valence-corrected chi connectivity index (χ1v) is 6.53. The molecule has 0 amide bonds. The van der Waals surface area contributed by atoms with Crippen molar-refractivity contribution in [1.82, 2.24) is 9.97 Å². The molecule has 1 atom stereocenters. The first kappa shape index (κ1) is 15.7. The number of nitrogens with one attached hydrogen (secondary N) is 1. The minimum atomic E-state index is 0.214. The normalized spacial score (nSPS) is 12.2. The number of anilines is 2. The van der Waals surface area contributed by atoms with Crippen molar-refractivity contribution in [1.29, 1.82) is 0 Å². The van der Waals surface area contributed by atoms with Crippen molar-refractivity contribution in [3.8, 4) is 0 Å². The zero-order valence-corrected chi connectivity index (χ0v) is 12.2. The molecule has 108 valence electrons. The van der Waals surface area contributed by atoms with Gasteiger partial charge in [0.15, 0.2) is 0 Å². The van der Waals surface area contributed by atoms with Crippen LogP contribution in [0, 0.1) is 0 Å². The molecule has 1 unspecified atom stereocenters. The number of aromatic nitrogens is 2. The molecule has 1 N–H and O–H groups in total. The Bertz CT molecular complexity index is 362. The van der Waals surface area contributed by atoms with Crippen molar-refractivity contribution in [3.05, 3.63) is 12.4 Å². The lowest BCUT2D eigenvalue weighted by atomic mass is 10.3. The number of hydrogen-bond acceptors (Lipinski definition) is 6. The lowest BCUT2D eigenvalue weighted by Gasteiger charge is -2.29. The van der Waals surface area contributed by atoms with Crippen LogP contribution in [0.5, 0.6) is 0 Å². The third-order valence-electron chi connectivity index (χ3n) is 2.75. The molecule has 1 heterocycles. The number of methoxy groups -OCH3 is 2. The van der Waals surface area contributed by atoms with Crippen LogP contribution in [-0.2, 0) is 9.47 Å². The molecule has 0 spiro atoms. The van der Waals surface area contributed by atoms with E-state index in [1.165, 1.54) is 0 Å². The summed E-state index contributed by atoms with van der Waals surface area (Å²) in [6.07, 6.45) is 3.49. The molecular weight excluding hydrogens is 244 g/mol. The first-order valence-electron chi connectivity index (χ1n) is 6.53. The standard InChI is InChI=1S/C13H24N4O2/c1-5-15-12-8-14-9-13(16-12)17(6-7-18-3)11(2)10-19-4/h8-9,11H,5-7,10H2,1-4H3,(H,15,16). The van der Waals surface area contributed by atoms with Gasteiger partial charge in [0.2, 0.25) is 0 Å². The molecule has 1 aromatic rings. The van der Waals surface area contributed by atoms with Gasteiger partial charge in [-0.1, -0.05) is 0 Å². The second-order valence-corrected chi connectivity index (χ2v) is 4.28. The van der Waals surface area contributed by atoms with Gasteiger partial charge in [-0.2, -0.15) is 0 Å². The first-order chi connectivity index (χ1) is 9.22. The van der Waals surface area contributed by atoms with E-state index in [0.29, 0.717) is 13.2 Å². The van der Waals surface area contributed by atoms with Crippen LogP contribution in [0.15, 0.2) is 12.4 Å². The van der Waals surface area contributed by atoms with Gasteiger partial charge in [0, 0.05) is 27.3 Å². The average molecular weight is 268 g/mol. The van der Waals surface area contributed by atoms with Gasteiger partial charge in [-0.15, -0.1) is 0 Å². The molecule has 0 aromatic carbocycles. The molecule has 0 bridgehead atoms. The summed E-state index contributed by atoms with van der Waals surface area (Å²) in [4.78, 5) is 10.9. The highest BCUT2D eigenvalue weighted by atomic mass is 16.5. The topological polar surface area (TPSA) is 59.5 Å². The summed E-state index contributed by atoms with van der Waals surface area (Å²) in [7, 11) is 3.39. The molecule has 0 aliphatic heterocycles. The molecule has 0 fully saturated rings. The van der Waals surface area contributed by atoms with Crippen LogP contribution in [0.25, 0.3) is 0 Å². The van der Waals surface area contributed by atoms with Gasteiger partial charge in [-0.05, 0) is 13.8 Å². The van der Waals surface area contributed by atoms with Gasteiger partial charge < -0.3 is 19.7 Å². The van der Waals surface area contributed by atoms with Crippen LogP contribution >= 0.6 is 0 Å². The third kappa shape index (κ3) is 5.00. The van der Waals surface area contributed by atoms with Crippen molar-refractivity contribution >= 4 is 11.6 Å². The molecular formula is C13H24N4O2. The van der Waals surface area contributed by atoms with Crippen LogP contribution in [0.4, 0.5) is 11.6 Å². The number of nitrogens with zero attached hydrogens (tertiary/aromatic N) is 3. The SMILES string of the molecule is CCNc1cncc(N(CCOC)C(C)COC)n1. The number of hydrogen-bond donors (Lipinski definition) is 1. The highest BCUT2D eigenvalue weighted by Gasteiger charge is 2.16.